The molecular weight excluding hydrogens is 260 g/mol. The van der Waals surface area contributed by atoms with Gasteiger partial charge in [0.25, 0.3) is 0 Å². The van der Waals surface area contributed by atoms with Crippen LogP contribution in [0.25, 0.3) is 0 Å². The average Bonchev–Trinajstić information content (AvgIpc) is 2.31. The Bertz CT molecular complexity index is 540. The number of carbonyl (C=O) groups is 1. The summed E-state index contributed by atoms with van der Waals surface area (Å²) in [4.78, 5) is 12.2. The second-order valence-electron chi connectivity index (χ2n) is 6.17. The van der Waals surface area contributed by atoms with Crippen LogP contribution in [0.4, 0.5) is 8.78 Å². The van der Waals surface area contributed by atoms with Crippen LogP contribution in [0.15, 0.2) is 18.2 Å². The van der Waals surface area contributed by atoms with Crippen molar-refractivity contribution < 1.29 is 13.6 Å². The zero-order chi connectivity index (χ0) is 15.5. The fourth-order valence-corrected chi connectivity index (χ4v) is 1.78. The van der Waals surface area contributed by atoms with Crippen molar-refractivity contribution in [3.63, 3.8) is 0 Å². The molecule has 0 aromatic heterocycles. The van der Waals surface area contributed by atoms with Gasteiger partial charge in [-0.3, -0.25) is 4.79 Å². The Hall–Kier alpha value is -1.76. The first-order chi connectivity index (χ1) is 9.16. The molecule has 108 valence electrons. The van der Waals surface area contributed by atoms with Gasteiger partial charge in [-0.25, -0.2) is 8.78 Å². The van der Waals surface area contributed by atoms with Gasteiger partial charge in [0.2, 0.25) is 0 Å². The van der Waals surface area contributed by atoms with E-state index in [9.17, 15) is 13.6 Å². The zero-order valence-corrected chi connectivity index (χ0v) is 12.2. The summed E-state index contributed by atoms with van der Waals surface area (Å²) in [6.45, 7) is 7.94. The molecule has 4 heteroatoms. The fourth-order valence-electron chi connectivity index (χ4n) is 1.78. The average molecular weight is 279 g/mol. The maximum Gasteiger partial charge on any atom is 0.154 e. The lowest BCUT2D eigenvalue weighted by Crippen LogP contribution is -2.23. The Morgan fingerprint density at radius 3 is 2.40 bits per heavy atom. The number of hydrogen-bond acceptors (Lipinski definition) is 2. The number of carbonyl (C=O) groups excluding carboxylic acids is 1. The molecule has 20 heavy (non-hydrogen) atoms. The molecule has 0 heterocycles. The summed E-state index contributed by atoms with van der Waals surface area (Å²) in [5.74, 6) is -3.03. The van der Waals surface area contributed by atoms with Gasteiger partial charge in [-0.1, -0.05) is 33.8 Å². The summed E-state index contributed by atoms with van der Waals surface area (Å²) in [5.41, 5.74) is -0.128. The Labute approximate surface area is 118 Å². The SMILES string of the molecule is CC(CC(=O)C(C#N)c1ccc(F)cc1F)C(C)(C)C. The van der Waals surface area contributed by atoms with E-state index in [0.717, 1.165) is 12.1 Å². The summed E-state index contributed by atoms with van der Waals surface area (Å²) in [5, 5.41) is 9.13. The van der Waals surface area contributed by atoms with Gasteiger partial charge in [-0.05, 0) is 17.4 Å². The lowest BCUT2D eigenvalue weighted by molar-refractivity contribution is -0.121. The van der Waals surface area contributed by atoms with E-state index >= 15 is 0 Å². The van der Waals surface area contributed by atoms with Crippen LogP contribution < -0.4 is 0 Å². The number of ketones is 1. The monoisotopic (exact) mass is 279 g/mol. The topological polar surface area (TPSA) is 40.9 Å². The first-order valence-electron chi connectivity index (χ1n) is 6.54. The third kappa shape index (κ3) is 3.86. The van der Waals surface area contributed by atoms with Crippen LogP contribution in [-0.4, -0.2) is 5.78 Å². The number of benzene rings is 1. The number of halogens is 2. The van der Waals surface area contributed by atoms with Crippen LogP contribution in [0.2, 0.25) is 0 Å². The van der Waals surface area contributed by atoms with Gasteiger partial charge in [0.05, 0.1) is 6.07 Å². The minimum Gasteiger partial charge on any atom is -0.298 e. The van der Waals surface area contributed by atoms with Crippen LogP contribution in [0.3, 0.4) is 0 Å². The second-order valence-corrected chi connectivity index (χ2v) is 6.17. The van der Waals surface area contributed by atoms with Crippen LogP contribution >= 0.6 is 0 Å². The zero-order valence-electron chi connectivity index (χ0n) is 12.2. The molecule has 0 amide bonds. The number of Topliss-reactive ketones (excluding diaryl/α,β-unsaturated/α-hetero) is 1. The standard InChI is InChI=1S/C16H19F2NO/c1-10(16(2,3)4)7-15(20)13(9-19)12-6-5-11(17)8-14(12)18/h5-6,8,10,13H,7H2,1-4H3. The van der Waals surface area contributed by atoms with E-state index in [-0.39, 0.29) is 29.1 Å². The van der Waals surface area contributed by atoms with Crippen molar-refractivity contribution in [2.24, 2.45) is 11.3 Å². The van der Waals surface area contributed by atoms with Crippen molar-refractivity contribution in [2.45, 2.75) is 40.0 Å². The summed E-state index contributed by atoms with van der Waals surface area (Å²) in [6.07, 6.45) is 0.193. The molecule has 0 fully saturated rings. The Morgan fingerprint density at radius 2 is 1.95 bits per heavy atom. The molecule has 0 aliphatic heterocycles. The van der Waals surface area contributed by atoms with Gasteiger partial charge < -0.3 is 0 Å². The van der Waals surface area contributed by atoms with Crippen LogP contribution in [0, 0.1) is 34.3 Å². The highest BCUT2D eigenvalue weighted by molar-refractivity contribution is 5.88. The van der Waals surface area contributed by atoms with Crippen molar-refractivity contribution in [1.82, 2.24) is 0 Å². The fraction of sp³-hybridized carbons (Fsp3) is 0.500. The highest BCUT2D eigenvalue weighted by Crippen LogP contribution is 2.31. The highest BCUT2D eigenvalue weighted by atomic mass is 19.1. The van der Waals surface area contributed by atoms with E-state index in [0.29, 0.717) is 6.07 Å². The first kappa shape index (κ1) is 16.3. The summed E-state index contributed by atoms with van der Waals surface area (Å²) in [6, 6.07) is 4.74. The van der Waals surface area contributed by atoms with Gasteiger partial charge in [-0.2, -0.15) is 5.26 Å². The number of rotatable bonds is 4. The third-order valence-corrected chi connectivity index (χ3v) is 3.71. The molecule has 0 saturated carbocycles. The van der Waals surface area contributed by atoms with E-state index in [2.05, 4.69) is 0 Å². The van der Waals surface area contributed by atoms with Gasteiger partial charge in [0, 0.05) is 18.1 Å². The lowest BCUT2D eigenvalue weighted by atomic mass is 9.77. The smallest absolute Gasteiger partial charge is 0.154 e. The molecule has 2 atom stereocenters. The van der Waals surface area contributed by atoms with Gasteiger partial charge in [0.15, 0.2) is 5.78 Å². The Morgan fingerprint density at radius 1 is 1.35 bits per heavy atom. The second kappa shape index (κ2) is 6.13. The molecule has 0 aliphatic carbocycles. The minimum atomic E-state index is -1.18. The largest absolute Gasteiger partial charge is 0.298 e. The van der Waals surface area contributed by atoms with Crippen molar-refractivity contribution in [3.05, 3.63) is 35.4 Å². The van der Waals surface area contributed by atoms with Crippen LogP contribution in [0.1, 0.15) is 45.6 Å². The maximum absolute atomic E-state index is 13.7. The molecule has 1 aromatic carbocycles. The van der Waals surface area contributed by atoms with Gasteiger partial charge in [-0.15, -0.1) is 0 Å². The predicted molar refractivity (Wildman–Crippen MR) is 73.0 cm³/mol. The predicted octanol–water partition coefficient (Wildman–Crippen LogP) is 4.21. The Balaban J connectivity index is 2.97. The maximum atomic E-state index is 13.7. The summed E-state index contributed by atoms with van der Waals surface area (Å²) in [7, 11) is 0. The molecule has 1 aromatic rings. The molecule has 2 unspecified atom stereocenters. The quantitative estimate of drug-likeness (QED) is 0.828. The van der Waals surface area contributed by atoms with E-state index in [4.69, 9.17) is 5.26 Å². The summed E-state index contributed by atoms with van der Waals surface area (Å²) >= 11 is 0. The van der Waals surface area contributed by atoms with Crippen molar-refractivity contribution >= 4 is 5.78 Å². The first-order valence-corrected chi connectivity index (χ1v) is 6.54. The number of hydrogen-bond donors (Lipinski definition) is 0. The highest BCUT2D eigenvalue weighted by Gasteiger charge is 2.29. The molecule has 0 radical (unpaired) electrons. The normalized spacial score (nSPS) is 14.4. The molecule has 0 spiro atoms. The van der Waals surface area contributed by atoms with Crippen molar-refractivity contribution in [1.29, 1.82) is 5.26 Å². The van der Waals surface area contributed by atoms with Crippen LogP contribution in [0.5, 0.6) is 0 Å². The molecule has 1 rings (SSSR count). The minimum absolute atomic E-state index is 0.0555. The van der Waals surface area contributed by atoms with E-state index < -0.39 is 17.6 Å². The summed E-state index contributed by atoms with van der Waals surface area (Å²) < 4.78 is 26.6. The Kier molecular flexibility index (Phi) is 4.99. The van der Waals surface area contributed by atoms with Crippen molar-refractivity contribution in [2.75, 3.05) is 0 Å². The van der Waals surface area contributed by atoms with E-state index in [1.807, 2.05) is 33.8 Å². The molecule has 2 nitrogen and oxygen atoms in total. The number of nitriles is 1. The molecule has 0 N–H and O–H groups in total. The molecular formula is C16H19F2NO. The van der Waals surface area contributed by atoms with E-state index in [1.165, 1.54) is 0 Å². The third-order valence-electron chi connectivity index (χ3n) is 3.71. The van der Waals surface area contributed by atoms with E-state index in [1.54, 1.807) is 0 Å². The lowest BCUT2D eigenvalue weighted by Gasteiger charge is -2.27. The van der Waals surface area contributed by atoms with Crippen molar-refractivity contribution in [3.8, 4) is 6.07 Å². The van der Waals surface area contributed by atoms with Gasteiger partial charge >= 0.3 is 0 Å². The van der Waals surface area contributed by atoms with Crippen LogP contribution in [-0.2, 0) is 4.79 Å². The molecule has 0 saturated heterocycles. The van der Waals surface area contributed by atoms with Gasteiger partial charge in [0.1, 0.15) is 17.6 Å². The number of nitrogens with zero attached hydrogens (tertiary/aromatic N) is 1. The molecule has 0 bridgehead atoms. The molecule has 0 aliphatic rings.